The summed E-state index contributed by atoms with van der Waals surface area (Å²) in [6.07, 6.45) is 3.33. The summed E-state index contributed by atoms with van der Waals surface area (Å²) in [5.41, 5.74) is 2.90. The van der Waals surface area contributed by atoms with E-state index in [2.05, 4.69) is 10.5 Å². The summed E-state index contributed by atoms with van der Waals surface area (Å²) in [6.45, 7) is 4.81. The van der Waals surface area contributed by atoms with Crippen LogP contribution in [0.5, 0.6) is 11.5 Å². The highest BCUT2D eigenvalue weighted by Crippen LogP contribution is 2.29. The number of hydrogen-bond donors (Lipinski definition) is 1. The molecule has 0 radical (unpaired) electrons. The smallest absolute Gasteiger partial charge is 0.260 e. The van der Waals surface area contributed by atoms with Gasteiger partial charge < -0.3 is 19.6 Å². The molecule has 1 amide bonds. The van der Waals surface area contributed by atoms with Crippen LogP contribution in [0, 0.1) is 0 Å². The van der Waals surface area contributed by atoms with Crippen LogP contribution in [0.2, 0.25) is 0 Å². The van der Waals surface area contributed by atoms with Gasteiger partial charge >= 0.3 is 0 Å². The van der Waals surface area contributed by atoms with Gasteiger partial charge in [0.25, 0.3) is 5.91 Å². The molecule has 0 atom stereocenters. The summed E-state index contributed by atoms with van der Waals surface area (Å²) in [6, 6.07) is 25.6. The maximum atomic E-state index is 11.9. The second-order valence-corrected chi connectivity index (χ2v) is 7.84. The van der Waals surface area contributed by atoms with Crippen molar-refractivity contribution in [2.45, 2.75) is 45.9 Å². The Kier molecular flexibility index (Phi) is 9.99. The molecule has 0 aliphatic rings. The standard InChI is InChI=1S/C28H32N2O4/c1-3-25(4-2)30-28(31)21-34-29-18-24-15-16-26(32-19-22-11-7-5-8-12-22)27(17-24)33-20-23-13-9-6-10-14-23/h5-18,25H,3-4,19-21H2,1-2H3,(H,30,31)/b29-18-. The highest BCUT2D eigenvalue weighted by molar-refractivity contribution is 5.81. The van der Waals surface area contributed by atoms with E-state index in [9.17, 15) is 4.79 Å². The summed E-state index contributed by atoms with van der Waals surface area (Å²) in [5.74, 6) is 1.07. The van der Waals surface area contributed by atoms with E-state index in [4.69, 9.17) is 14.3 Å². The first-order valence-electron chi connectivity index (χ1n) is 11.6. The molecular weight excluding hydrogens is 428 g/mol. The molecule has 178 valence electrons. The summed E-state index contributed by atoms with van der Waals surface area (Å²) < 4.78 is 12.1. The molecule has 0 aromatic heterocycles. The van der Waals surface area contributed by atoms with Crippen molar-refractivity contribution in [2.24, 2.45) is 5.16 Å². The van der Waals surface area contributed by atoms with Crippen LogP contribution >= 0.6 is 0 Å². The first-order chi connectivity index (χ1) is 16.7. The molecule has 1 N–H and O–H groups in total. The molecule has 3 aromatic carbocycles. The quantitative estimate of drug-likeness (QED) is 0.270. The second kappa shape index (κ2) is 13.7. The molecule has 3 aromatic rings. The number of carbonyl (C=O) groups excluding carboxylic acids is 1. The summed E-state index contributed by atoms with van der Waals surface area (Å²) >= 11 is 0. The number of oxime groups is 1. The van der Waals surface area contributed by atoms with E-state index in [0.717, 1.165) is 29.5 Å². The Morgan fingerprint density at radius 2 is 1.44 bits per heavy atom. The van der Waals surface area contributed by atoms with E-state index in [-0.39, 0.29) is 18.6 Å². The van der Waals surface area contributed by atoms with Crippen molar-refractivity contribution in [1.29, 1.82) is 0 Å². The predicted octanol–water partition coefficient (Wildman–Crippen LogP) is 5.50. The van der Waals surface area contributed by atoms with Gasteiger partial charge in [-0.15, -0.1) is 0 Å². The van der Waals surface area contributed by atoms with Crippen LogP contribution < -0.4 is 14.8 Å². The first-order valence-corrected chi connectivity index (χ1v) is 11.6. The number of carbonyl (C=O) groups is 1. The lowest BCUT2D eigenvalue weighted by Crippen LogP contribution is -2.36. The summed E-state index contributed by atoms with van der Waals surface area (Å²) in [5, 5.41) is 6.86. The normalized spacial score (nSPS) is 10.9. The second-order valence-electron chi connectivity index (χ2n) is 7.84. The van der Waals surface area contributed by atoms with Gasteiger partial charge in [-0.25, -0.2) is 0 Å². The van der Waals surface area contributed by atoms with Gasteiger partial charge in [0.15, 0.2) is 18.1 Å². The van der Waals surface area contributed by atoms with Gasteiger partial charge in [-0.05, 0) is 42.2 Å². The third-order valence-electron chi connectivity index (χ3n) is 5.26. The summed E-state index contributed by atoms with van der Waals surface area (Å²) in [4.78, 5) is 17.1. The fraction of sp³-hybridized carbons (Fsp3) is 0.286. The molecule has 0 aliphatic heterocycles. The van der Waals surface area contributed by atoms with Crippen molar-refractivity contribution in [3.8, 4) is 11.5 Å². The van der Waals surface area contributed by atoms with Crippen LogP contribution in [-0.4, -0.2) is 24.8 Å². The third-order valence-corrected chi connectivity index (χ3v) is 5.26. The average molecular weight is 461 g/mol. The molecule has 6 nitrogen and oxygen atoms in total. The zero-order chi connectivity index (χ0) is 24.0. The van der Waals surface area contributed by atoms with E-state index >= 15 is 0 Å². The molecule has 0 aliphatic carbocycles. The van der Waals surface area contributed by atoms with Gasteiger partial charge in [0, 0.05) is 11.6 Å². The van der Waals surface area contributed by atoms with E-state index in [0.29, 0.717) is 24.7 Å². The maximum Gasteiger partial charge on any atom is 0.260 e. The fourth-order valence-electron chi connectivity index (χ4n) is 3.26. The molecule has 6 heteroatoms. The highest BCUT2D eigenvalue weighted by atomic mass is 16.6. The van der Waals surface area contributed by atoms with Crippen LogP contribution in [0.4, 0.5) is 0 Å². The number of ether oxygens (including phenoxy) is 2. The number of hydrogen-bond acceptors (Lipinski definition) is 5. The molecular formula is C28H32N2O4. The fourth-order valence-corrected chi connectivity index (χ4v) is 3.26. The number of benzene rings is 3. The van der Waals surface area contributed by atoms with Gasteiger partial charge in [-0.1, -0.05) is 79.7 Å². The number of nitrogens with one attached hydrogen (secondary N) is 1. The zero-order valence-corrected chi connectivity index (χ0v) is 19.8. The van der Waals surface area contributed by atoms with Gasteiger partial charge in [0.2, 0.25) is 0 Å². The van der Waals surface area contributed by atoms with Crippen molar-refractivity contribution >= 4 is 12.1 Å². The lowest BCUT2D eigenvalue weighted by Gasteiger charge is -2.14. The van der Waals surface area contributed by atoms with Gasteiger partial charge in [0.05, 0.1) is 6.21 Å². The minimum Gasteiger partial charge on any atom is -0.485 e. The van der Waals surface area contributed by atoms with E-state index in [1.807, 2.05) is 92.7 Å². The van der Waals surface area contributed by atoms with Crippen molar-refractivity contribution in [1.82, 2.24) is 5.32 Å². The van der Waals surface area contributed by atoms with Crippen molar-refractivity contribution in [2.75, 3.05) is 6.61 Å². The third kappa shape index (κ3) is 8.28. The van der Waals surface area contributed by atoms with E-state index in [1.165, 1.54) is 0 Å². The minimum atomic E-state index is -0.178. The molecule has 34 heavy (non-hydrogen) atoms. The average Bonchev–Trinajstić information content (AvgIpc) is 2.89. The largest absolute Gasteiger partial charge is 0.485 e. The number of amides is 1. The molecule has 0 spiro atoms. The molecule has 0 heterocycles. The summed E-state index contributed by atoms with van der Waals surface area (Å²) in [7, 11) is 0. The van der Waals surface area contributed by atoms with Crippen LogP contribution in [-0.2, 0) is 22.8 Å². The Morgan fingerprint density at radius 3 is 2.03 bits per heavy atom. The maximum absolute atomic E-state index is 11.9. The highest BCUT2D eigenvalue weighted by Gasteiger charge is 2.09. The van der Waals surface area contributed by atoms with Gasteiger partial charge in [-0.2, -0.15) is 0 Å². The van der Waals surface area contributed by atoms with Crippen molar-refractivity contribution < 1.29 is 19.1 Å². The lowest BCUT2D eigenvalue weighted by molar-refractivity contribution is -0.126. The molecule has 0 saturated carbocycles. The predicted molar refractivity (Wildman–Crippen MR) is 134 cm³/mol. The molecule has 0 fully saturated rings. The SMILES string of the molecule is CCC(CC)NC(=O)CO/N=C\c1ccc(OCc2ccccc2)c(OCc2ccccc2)c1. The Morgan fingerprint density at radius 1 is 0.853 bits per heavy atom. The first kappa shape index (κ1) is 24.8. The lowest BCUT2D eigenvalue weighted by atomic mass is 10.2. The number of nitrogens with zero attached hydrogens (tertiary/aromatic N) is 1. The van der Waals surface area contributed by atoms with Crippen LogP contribution in [0.1, 0.15) is 43.4 Å². The monoisotopic (exact) mass is 460 g/mol. The van der Waals surface area contributed by atoms with Crippen LogP contribution in [0.3, 0.4) is 0 Å². The van der Waals surface area contributed by atoms with E-state index in [1.54, 1.807) is 6.21 Å². The van der Waals surface area contributed by atoms with E-state index < -0.39 is 0 Å². The molecule has 0 bridgehead atoms. The van der Waals surface area contributed by atoms with Crippen molar-refractivity contribution in [3.05, 3.63) is 95.6 Å². The Hall–Kier alpha value is -3.80. The topological polar surface area (TPSA) is 69.2 Å². The Balaban J connectivity index is 1.63. The van der Waals surface area contributed by atoms with Crippen LogP contribution in [0.25, 0.3) is 0 Å². The van der Waals surface area contributed by atoms with Crippen molar-refractivity contribution in [3.63, 3.8) is 0 Å². The molecule has 3 rings (SSSR count). The molecule has 0 saturated heterocycles. The minimum absolute atomic E-state index is 0.122. The molecule has 0 unspecified atom stereocenters. The number of rotatable bonds is 13. The van der Waals surface area contributed by atoms with Gasteiger partial charge in [0.1, 0.15) is 13.2 Å². The Bertz CT molecular complexity index is 1030. The zero-order valence-electron chi connectivity index (χ0n) is 19.8. The van der Waals surface area contributed by atoms with Crippen LogP contribution in [0.15, 0.2) is 84.0 Å². The Labute approximate surface area is 201 Å². The van der Waals surface area contributed by atoms with Gasteiger partial charge in [-0.3, -0.25) is 4.79 Å².